The minimum atomic E-state index is -0.294. The highest BCUT2D eigenvalue weighted by atomic mass is 35.5. The first-order valence-electron chi connectivity index (χ1n) is 8.73. The van der Waals surface area contributed by atoms with Crippen LogP contribution in [-0.2, 0) is 0 Å². The van der Waals surface area contributed by atoms with Crippen LogP contribution in [0.3, 0.4) is 0 Å². The zero-order valence-corrected chi connectivity index (χ0v) is 16.6. The van der Waals surface area contributed by atoms with E-state index in [2.05, 4.69) is 67.1 Å². The lowest BCUT2D eigenvalue weighted by atomic mass is 10.1. The Hall–Kier alpha value is -2.85. The van der Waals surface area contributed by atoms with Gasteiger partial charge in [-0.15, -0.1) is 0 Å². The van der Waals surface area contributed by atoms with Gasteiger partial charge in [0.15, 0.2) is 0 Å². The number of nitrogens with one attached hydrogen (secondary N) is 1. The number of nitrogens with zero attached hydrogens (tertiary/aromatic N) is 2. The number of carbonyl (C=O) groups is 1. The maximum Gasteiger partial charge on any atom is 0.271 e. The Morgan fingerprint density at radius 2 is 1.70 bits per heavy atom. The lowest BCUT2D eigenvalue weighted by Gasteiger charge is -2.15. The van der Waals surface area contributed by atoms with E-state index >= 15 is 0 Å². The van der Waals surface area contributed by atoms with Gasteiger partial charge in [-0.1, -0.05) is 35.9 Å². The molecule has 1 N–H and O–H groups in total. The van der Waals surface area contributed by atoms with Gasteiger partial charge < -0.3 is 4.57 Å². The predicted octanol–water partition coefficient (Wildman–Crippen LogP) is 5.13. The molecule has 138 valence electrons. The van der Waals surface area contributed by atoms with Crippen molar-refractivity contribution in [3.63, 3.8) is 0 Å². The topological polar surface area (TPSA) is 46.4 Å². The molecule has 0 spiro atoms. The summed E-state index contributed by atoms with van der Waals surface area (Å²) in [5, 5.41) is 4.64. The molecule has 27 heavy (non-hydrogen) atoms. The largest absolute Gasteiger partial charge is 0.317 e. The van der Waals surface area contributed by atoms with Crippen molar-refractivity contribution in [2.45, 2.75) is 27.7 Å². The minimum Gasteiger partial charge on any atom is -0.317 e. The molecule has 0 aliphatic rings. The standard InChI is InChI=1S/C22H22ClN3O/c1-14-7-5-8-15(2)21(14)26-16(3)11-19(17(26)4)13-24-25-22(27)18-9-6-10-20(23)12-18/h5-13H,1-4H3,(H,25,27). The van der Waals surface area contributed by atoms with Crippen LogP contribution in [0.5, 0.6) is 0 Å². The Kier molecular flexibility index (Phi) is 5.47. The summed E-state index contributed by atoms with van der Waals surface area (Å²) in [4.78, 5) is 12.2. The second-order valence-electron chi connectivity index (χ2n) is 6.61. The quantitative estimate of drug-likeness (QED) is 0.495. The molecule has 1 aromatic heterocycles. The van der Waals surface area contributed by atoms with Crippen LogP contribution < -0.4 is 5.43 Å². The number of amides is 1. The SMILES string of the molecule is Cc1cccc(C)c1-n1c(C)cc(C=NNC(=O)c2cccc(Cl)c2)c1C. The van der Waals surface area contributed by atoms with Gasteiger partial charge >= 0.3 is 0 Å². The molecule has 0 aliphatic heterocycles. The number of carbonyl (C=O) groups excluding carboxylic acids is 1. The molecule has 0 saturated heterocycles. The smallest absolute Gasteiger partial charge is 0.271 e. The van der Waals surface area contributed by atoms with E-state index in [9.17, 15) is 4.79 Å². The van der Waals surface area contributed by atoms with Crippen LogP contribution in [-0.4, -0.2) is 16.7 Å². The number of aryl methyl sites for hydroxylation is 3. The number of benzene rings is 2. The highest BCUT2D eigenvalue weighted by Gasteiger charge is 2.13. The number of hydrazone groups is 1. The fourth-order valence-electron chi connectivity index (χ4n) is 3.28. The van der Waals surface area contributed by atoms with Gasteiger partial charge in [0.05, 0.1) is 11.9 Å². The van der Waals surface area contributed by atoms with Crippen molar-refractivity contribution >= 4 is 23.7 Å². The maximum atomic E-state index is 12.2. The van der Waals surface area contributed by atoms with Gasteiger partial charge in [0.2, 0.25) is 0 Å². The number of halogens is 1. The summed E-state index contributed by atoms with van der Waals surface area (Å²) < 4.78 is 2.23. The molecule has 2 aromatic carbocycles. The molecular weight excluding hydrogens is 358 g/mol. The molecule has 0 saturated carbocycles. The van der Waals surface area contributed by atoms with E-state index in [4.69, 9.17) is 11.6 Å². The third kappa shape index (κ3) is 3.96. The highest BCUT2D eigenvalue weighted by molar-refractivity contribution is 6.30. The number of hydrogen-bond donors (Lipinski definition) is 1. The van der Waals surface area contributed by atoms with Gasteiger partial charge in [0.25, 0.3) is 5.91 Å². The van der Waals surface area contributed by atoms with Crippen LogP contribution in [0.15, 0.2) is 53.6 Å². The van der Waals surface area contributed by atoms with E-state index in [-0.39, 0.29) is 5.91 Å². The van der Waals surface area contributed by atoms with Gasteiger partial charge in [0, 0.05) is 27.5 Å². The lowest BCUT2D eigenvalue weighted by molar-refractivity contribution is 0.0955. The van der Waals surface area contributed by atoms with Crippen molar-refractivity contribution in [3.8, 4) is 5.69 Å². The molecule has 0 fully saturated rings. The minimum absolute atomic E-state index is 0.294. The number of para-hydroxylation sites is 1. The van der Waals surface area contributed by atoms with Crippen molar-refractivity contribution in [2.75, 3.05) is 0 Å². The molecule has 0 atom stereocenters. The maximum absolute atomic E-state index is 12.2. The predicted molar refractivity (Wildman–Crippen MR) is 111 cm³/mol. The van der Waals surface area contributed by atoms with Crippen LogP contribution in [0.2, 0.25) is 5.02 Å². The molecule has 1 heterocycles. The van der Waals surface area contributed by atoms with Crippen LogP contribution in [0.4, 0.5) is 0 Å². The van der Waals surface area contributed by atoms with Gasteiger partial charge in [-0.25, -0.2) is 5.43 Å². The summed E-state index contributed by atoms with van der Waals surface area (Å²) in [5.41, 5.74) is 9.81. The normalized spacial score (nSPS) is 11.1. The summed E-state index contributed by atoms with van der Waals surface area (Å²) >= 11 is 5.92. The Morgan fingerprint density at radius 3 is 2.37 bits per heavy atom. The number of hydrogen-bond acceptors (Lipinski definition) is 2. The average Bonchev–Trinajstić information content (AvgIpc) is 2.89. The van der Waals surface area contributed by atoms with Crippen LogP contribution in [0, 0.1) is 27.7 Å². The monoisotopic (exact) mass is 379 g/mol. The van der Waals surface area contributed by atoms with Crippen LogP contribution in [0.25, 0.3) is 5.69 Å². The Bertz CT molecular complexity index is 1010. The lowest BCUT2D eigenvalue weighted by Crippen LogP contribution is -2.17. The van der Waals surface area contributed by atoms with Crippen LogP contribution in [0.1, 0.15) is 38.4 Å². The summed E-state index contributed by atoms with van der Waals surface area (Å²) in [6.07, 6.45) is 1.68. The fraction of sp³-hybridized carbons (Fsp3) is 0.182. The number of rotatable bonds is 4. The van der Waals surface area contributed by atoms with E-state index in [1.807, 2.05) is 0 Å². The average molecular weight is 380 g/mol. The zero-order chi connectivity index (χ0) is 19.6. The second kappa shape index (κ2) is 7.80. The van der Waals surface area contributed by atoms with Gasteiger partial charge in [-0.2, -0.15) is 5.10 Å². The van der Waals surface area contributed by atoms with Crippen molar-refractivity contribution in [1.29, 1.82) is 0 Å². The highest BCUT2D eigenvalue weighted by Crippen LogP contribution is 2.25. The van der Waals surface area contributed by atoms with Gasteiger partial charge in [-0.05, 0) is 63.1 Å². The second-order valence-corrected chi connectivity index (χ2v) is 7.05. The molecule has 4 nitrogen and oxygen atoms in total. The van der Waals surface area contributed by atoms with Crippen molar-refractivity contribution in [3.05, 3.63) is 87.2 Å². The summed E-state index contributed by atoms with van der Waals surface area (Å²) in [5.74, 6) is -0.294. The first-order valence-corrected chi connectivity index (χ1v) is 9.11. The molecule has 5 heteroatoms. The van der Waals surface area contributed by atoms with Gasteiger partial charge in [-0.3, -0.25) is 4.79 Å². The Labute approximate surface area is 164 Å². The molecular formula is C22H22ClN3O. The third-order valence-corrected chi connectivity index (χ3v) is 4.83. The molecule has 0 unspecified atom stereocenters. The van der Waals surface area contributed by atoms with Crippen molar-refractivity contribution < 1.29 is 4.79 Å². The van der Waals surface area contributed by atoms with E-state index in [0.29, 0.717) is 10.6 Å². The summed E-state index contributed by atoms with van der Waals surface area (Å²) in [7, 11) is 0. The molecule has 0 aliphatic carbocycles. The molecule has 3 aromatic rings. The van der Waals surface area contributed by atoms with Gasteiger partial charge in [0.1, 0.15) is 0 Å². The van der Waals surface area contributed by atoms with E-state index < -0.39 is 0 Å². The van der Waals surface area contributed by atoms with E-state index in [1.165, 1.54) is 16.8 Å². The molecule has 3 rings (SSSR count). The number of aromatic nitrogens is 1. The first-order chi connectivity index (χ1) is 12.9. The third-order valence-electron chi connectivity index (χ3n) is 4.59. The summed E-state index contributed by atoms with van der Waals surface area (Å²) in [6.45, 7) is 8.35. The Balaban J connectivity index is 1.85. The summed E-state index contributed by atoms with van der Waals surface area (Å²) in [6, 6.07) is 15.1. The zero-order valence-electron chi connectivity index (χ0n) is 15.9. The molecule has 1 amide bonds. The Morgan fingerprint density at radius 1 is 1.04 bits per heavy atom. The fourth-order valence-corrected chi connectivity index (χ4v) is 3.47. The van der Waals surface area contributed by atoms with Crippen molar-refractivity contribution in [2.24, 2.45) is 5.10 Å². The van der Waals surface area contributed by atoms with Crippen molar-refractivity contribution in [1.82, 2.24) is 9.99 Å². The van der Waals surface area contributed by atoms with E-state index in [0.717, 1.165) is 17.0 Å². The first kappa shape index (κ1) is 18.9. The van der Waals surface area contributed by atoms with Crippen LogP contribution >= 0.6 is 11.6 Å². The molecule has 0 radical (unpaired) electrons. The van der Waals surface area contributed by atoms with E-state index in [1.54, 1.807) is 30.5 Å². The molecule has 0 bridgehead atoms.